The highest BCUT2D eigenvalue weighted by atomic mass is 35.5. The number of nitrogens with one attached hydrogen (secondary N) is 1. The molecule has 20 heavy (non-hydrogen) atoms. The van der Waals surface area contributed by atoms with Crippen molar-refractivity contribution in [2.24, 2.45) is 11.8 Å². The number of hydrogen-bond donors (Lipinski definition) is 2. The zero-order chi connectivity index (χ0) is 13.2. The topological polar surface area (TPSA) is 55.1 Å². The molecule has 0 spiro atoms. The van der Waals surface area contributed by atoms with Crippen LogP contribution in [0.5, 0.6) is 0 Å². The van der Waals surface area contributed by atoms with Crippen molar-refractivity contribution >= 4 is 24.0 Å². The van der Waals surface area contributed by atoms with Gasteiger partial charge in [-0.2, -0.15) is 0 Å². The van der Waals surface area contributed by atoms with Crippen molar-refractivity contribution in [3.05, 3.63) is 29.8 Å². The van der Waals surface area contributed by atoms with Crippen LogP contribution < -0.4 is 11.1 Å². The van der Waals surface area contributed by atoms with E-state index in [4.69, 9.17) is 5.73 Å². The number of rotatable bonds is 3. The number of nitrogens with two attached hydrogens (primary N) is 1. The maximum atomic E-state index is 12.2. The first-order valence-corrected chi connectivity index (χ1v) is 7.41. The van der Waals surface area contributed by atoms with Crippen molar-refractivity contribution in [3.63, 3.8) is 0 Å². The third-order valence-electron chi connectivity index (χ3n) is 4.62. The monoisotopic (exact) mass is 294 g/mol. The molecule has 0 radical (unpaired) electrons. The Morgan fingerprint density at radius 2 is 1.85 bits per heavy atom. The summed E-state index contributed by atoms with van der Waals surface area (Å²) in [5, 5.41) is 3.14. The Kier molecular flexibility index (Phi) is 4.92. The smallest absolute Gasteiger partial charge is 0.253 e. The molecule has 2 atom stereocenters. The average molecular weight is 295 g/mol. The maximum Gasteiger partial charge on any atom is 0.253 e. The molecular formula is C16H23ClN2O. The standard InChI is InChI=1S/C16H22N2O.ClH/c17-14-9-5-4-8-12(14)16(19)18-15-10-13(15)11-6-2-1-3-7-11;/h4-5,8-9,11,13,15H,1-3,6-7,10,17H2,(H,18,19);1H. The molecule has 110 valence electrons. The zero-order valence-corrected chi connectivity index (χ0v) is 12.5. The van der Waals surface area contributed by atoms with E-state index in [-0.39, 0.29) is 18.3 Å². The lowest BCUT2D eigenvalue weighted by molar-refractivity contribution is 0.0947. The van der Waals surface area contributed by atoms with Crippen LogP contribution in [-0.4, -0.2) is 11.9 Å². The summed E-state index contributed by atoms with van der Waals surface area (Å²) >= 11 is 0. The average Bonchev–Trinajstić information content (AvgIpc) is 3.19. The van der Waals surface area contributed by atoms with Crippen LogP contribution in [0, 0.1) is 11.8 Å². The van der Waals surface area contributed by atoms with Crippen molar-refractivity contribution in [1.29, 1.82) is 0 Å². The first-order valence-electron chi connectivity index (χ1n) is 7.41. The van der Waals surface area contributed by atoms with E-state index in [0.717, 1.165) is 12.3 Å². The van der Waals surface area contributed by atoms with Crippen LogP contribution in [0.3, 0.4) is 0 Å². The minimum absolute atomic E-state index is 0. The molecule has 0 aromatic heterocycles. The Labute approximate surface area is 126 Å². The van der Waals surface area contributed by atoms with Crippen LogP contribution in [0.2, 0.25) is 0 Å². The number of hydrogen-bond acceptors (Lipinski definition) is 2. The fourth-order valence-electron chi connectivity index (χ4n) is 3.41. The molecule has 1 aromatic carbocycles. The summed E-state index contributed by atoms with van der Waals surface area (Å²) in [6.45, 7) is 0. The number of amides is 1. The van der Waals surface area contributed by atoms with Gasteiger partial charge in [-0.3, -0.25) is 4.79 Å². The third kappa shape index (κ3) is 3.26. The van der Waals surface area contributed by atoms with Crippen molar-refractivity contribution < 1.29 is 4.79 Å². The molecule has 3 nitrogen and oxygen atoms in total. The Morgan fingerprint density at radius 1 is 1.15 bits per heavy atom. The Balaban J connectivity index is 0.00000147. The summed E-state index contributed by atoms with van der Waals surface area (Å²) in [4.78, 5) is 12.2. The van der Waals surface area contributed by atoms with Gasteiger partial charge in [-0.1, -0.05) is 44.2 Å². The first-order chi connectivity index (χ1) is 9.25. The minimum Gasteiger partial charge on any atom is -0.398 e. The lowest BCUT2D eigenvalue weighted by Gasteiger charge is -2.21. The van der Waals surface area contributed by atoms with E-state index in [2.05, 4.69) is 5.32 Å². The third-order valence-corrected chi connectivity index (χ3v) is 4.62. The van der Waals surface area contributed by atoms with Crippen molar-refractivity contribution in [1.82, 2.24) is 5.32 Å². The Bertz CT molecular complexity index is 471. The molecule has 0 aliphatic heterocycles. The molecule has 2 fully saturated rings. The molecule has 1 aromatic rings. The van der Waals surface area contributed by atoms with Gasteiger partial charge in [0.2, 0.25) is 0 Å². The molecule has 0 heterocycles. The molecule has 2 aliphatic carbocycles. The van der Waals surface area contributed by atoms with Crippen molar-refractivity contribution in [2.45, 2.75) is 44.6 Å². The number of benzene rings is 1. The van der Waals surface area contributed by atoms with Crippen LogP contribution in [0.25, 0.3) is 0 Å². The Morgan fingerprint density at radius 3 is 2.55 bits per heavy atom. The van der Waals surface area contributed by atoms with E-state index in [1.54, 1.807) is 12.1 Å². The lowest BCUT2D eigenvalue weighted by atomic mass is 9.85. The highest BCUT2D eigenvalue weighted by molar-refractivity contribution is 5.99. The Hall–Kier alpha value is -1.22. The van der Waals surface area contributed by atoms with E-state index >= 15 is 0 Å². The lowest BCUT2D eigenvalue weighted by Crippen LogP contribution is -2.29. The van der Waals surface area contributed by atoms with E-state index < -0.39 is 0 Å². The summed E-state index contributed by atoms with van der Waals surface area (Å²) in [5.74, 6) is 1.54. The van der Waals surface area contributed by atoms with Gasteiger partial charge in [0.25, 0.3) is 5.91 Å². The van der Waals surface area contributed by atoms with E-state index in [9.17, 15) is 4.79 Å². The van der Waals surface area contributed by atoms with E-state index in [0.29, 0.717) is 23.2 Å². The number of anilines is 1. The molecule has 2 unspecified atom stereocenters. The van der Waals surface area contributed by atoms with Gasteiger partial charge in [0.15, 0.2) is 0 Å². The van der Waals surface area contributed by atoms with Gasteiger partial charge in [0.05, 0.1) is 5.56 Å². The SMILES string of the molecule is Cl.Nc1ccccc1C(=O)NC1CC1C1CCCCC1. The maximum absolute atomic E-state index is 12.2. The zero-order valence-electron chi connectivity index (χ0n) is 11.7. The predicted molar refractivity (Wildman–Crippen MR) is 84.0 cm³/mol. The molecule has 0 saturated heterocycles. The van der Waals surface area contributed by atoms with Gasteiger partial charge < -0.3 is 11.1 Å². The largest absolute Gasteiger partial charge is 0.398 e. The van der Waals surface area contributed by atoms with Gasteiger partial charge in [-0.25, -0.2) is 0 Å². The van der Waals surface area contributed by atoms with Gasteiger partial charge in [0.1, 0.15) is 0 Å². The number of halogens is 1. The van der Waals surface area contributed by atoms with Crippen LogP contribution in [-0.2, 0) is 0 Å². The predicted octanol–water partition coefficient (Wildman–Crippen LogP) is 3.39. The number of carbonyl (C=O) groups is 1. The molecule has 4 heteroatoms. The molecule has 1 amide bonds. The second-order valence-electron chi connectivity index (χ2n) is 5.96. The van der Waals surface area contributed by atoms with Crippen molar-refractivity contribution in [2.75, 3.05) is 5.73 Å². The van der Waals surface area contributed by atoms with Crippen molar-refractivity contribution in [3.8, 4) is 0 Å². The van der Waals surface area contributed by atoms with Crippen LogP contribution in [0.1, 0.15) is 48.9 Å². The van der Waals surface area contributed by atoms with Crippen LogP contribution >= 0.6 is 12.4 Å². The molecule has 3 rings (SSSR count). The molecule has 2 aliphatic rings. The van der Waals surface area contributed by atoms with Crippen LogP contribution in [0.15, 0.2) is 24.3 Å². The highest BCUT2D eigenvalue weighted by Crippen LogP contribution is 2.44. The van der Waals surface area contributed by atoms with E-state index in [1.807, 2.05) is 12.1 Å². The second-order valence-corrected chi connectivity index (χ2v) is 5.96. The summed E-state index contributed by atoms with van der Waals surface area (Å²) in [6.07, 6.45) is 7.99. The normalized spacial score (nSPS) is 25.6. The van der Waals surface area contributed by atoms with Gasteiger partial charge in [-0.15, -0.1) is 12.4 Å². The molecule has 3 N–H and O–H groups in total. The first kappa shape index (κ1) is 15.2. The number of para-hydroxylation sites is 1. The number of nitrogen functional groups attached to an aromatic ring is 1. The second kappa shape index (κ2) is 6.49. The van der Waals surface area contributed by atoms with Crippen LogP contribution in [0.4, 0.5) is 5.69 Å². The minimum atomic E-state index is -0.0126. The summed E-state index contributed by atoms with van der Waals surface area (Å²) in [6, 6.07) is 7.67. The highest BCUT2D eigenvalue weighted by Gasteiger charge is 2.43. The number of carbonyl (C=O) groups excluding carboxylic acids is 1. The van der Waals surface area contributed by atoms with Gasteiger partial charge >= 0.3 is 0 Å². The fourth-order valence-corrected chi connectivity index (χ4v) is 3.41. The summed E-state index contributed by atoms with van der Waals surface area (Å²) < 4.78 is 0. The quantitative estimate of drug-likeness (QED) is 0.840. The summed E-state index contributed by atoms with van der Waals surface area (Å²) in [7, 11) is 0. The van der Waals surface area contributed by atoms with Gasteiger partial charge in [-0.05, 0) is 30.4 Å². The van der Waals surface area contributed by atoms with E-state index in [1.165, 1.54) is 32.1 Å². The molecular weight excluding hydrogens is 272 g/mol. The molecule has 0 bridgehead atoms. The van der Waals surface area contributed by atoms with Gasteiger partial charge in [0, 0.05) is 11.7 Å². The fraction of sp³-hybridized carbons (Fsp3) is 0.562. The summed E-state index contributed by atoms with van der Waals surface area (Å²) in [5.41, 5.74) is 7.01. The molecule has 2 saturated carbocycles.